The van der Waals surface area contributed by atoms with E-state index in [0.29, 0.717) is 10.9 Å². The zero-order valence-electron chi connectivity index (χ0n) is 9.23. The van der Waals surface area contributed by atoms with Crippen LogP contribution in [0.4, 0.5) is 0 Å². The Morgan fingerprint density at radius 1 is 1.31 bits per heavy atom. The molecular formula is C13H12NO2-. The summed E-state index contributed by atoms with van der Waals surface area (Å²) in [7, 11) is 0. The van der Waals surface area contributed by atoms with E-state index in [9.17, 15) is 9.90 Å². The lowest BCUT2D eigenvalue weighted by Crippen LogP contribution is -2.23. The van der Waals surface area contributed by atoms with Crippen LogP contribution in [0.2, 0.25) is 0 Å². The summed E-state index contributed by atoms with van der Waals surface area (Å²) in [6, 6.07) is 8.80. The summed E-state index contributed by atoms with van der Waals surface area (Å²) in [5, 5.41) is 11.7. The fraction of sp³-hybridized carbons (Fsp3) is 0.231. The third-order valence-corrected chi connectivity index (χ3v) is 2.55. The van der Waals surface area contributed by atoms with E-state index in [2.05, 4.69) is 4.98 Å². The van der Waals surface area contributed by atoms with Crippen LogP contribution < -0.4 is 5.11 Å². The Kier molecular flexibility index (Phi) is 2.60. The fourth-order valence-corrected chi connectivity index (χ4v) is 1.66. The van der Waals surface area contributed by atoms with Gasteiger partial charge in [0.05, 0.1) is 11.5 Å². The average Bonchev–Trinajstić information content (AvgIpc) is 2.27. The predicted octanol–water partition coefficient (Wildman–Crippen LogP) is 1.72. The van der Waals surface area contributed by atoms with Gasteiger partial charge in [-0.3, -0.25) is 4.98 Å². The first kappa shape index (κ1) is 10.6. The van der Waals surface area contributed by atoms with Crippen LogP contribution in [0.1, 0.15) is 35.8 Å². The minimum atomic E-state index is -1.15. The van der Waals surface area contributed by atoms with Crippen LogP contribution in [-0.2, 0) is 0 Å². The van der Waals surface area contributed by atoms with Gasteiger partial charge in [0.2, 0.25) is 0 Å². The molecule has 0 atom stereocenters. The molecule has 1 aromatic heterocycles. The van der Waals surface area contributed by atoms with Crippen molar-refractivity contribution >= 4 is 16.9 Å². The highest BCUT2D eigenvalue weighted by Gasteiger charge is 2.08. The number of carboxylic acids is 1. The van der Waals surface area contributed by atoms with Crippen molar-refractivity contribution in [1.29, 1.82) is 0 Å². The normalized spacial score (nSPS) is 10.9. The largest absolute Gasteiger partial charge is 0.545 e. The molecule has 0 aliphatic rings. The van der Waals surface area contributed by atoms with E-state index in [1.54, 1.807) is 18.2 Å². The van der Waals surface area contributed by atoms with Crippen LogP contribution in [0.25, 0.3) is 10.9 Å². The third kappa shape index (κ3) is 1.76. The van der Waals surface area contributed by atoms with Crippen molar-refractivity contribution in [3.05, 3.63) is 41.6 Å². The summed E-state index contributed by atoms with van der Waals surface area (Å²) in [6.45, 7) is 3.96. The maximum absolute atomic E-state index is 11.1. The molecule has 0 saturated carbocycles. The molecule has 0 amide bonds. The predicted molar refractivity (Wildman–Crippen MR) is 60.2 cm³/mol. The number of aromatic carboxylic acids is 1. The Balaban J connectivity index is 2.79. The van der Waals surface area contributed by atoms with Crippen LogP contribution in [-0.4, -0.2) is 11.0 Å². The maximum Gasteiger partial charge on any atom is 0.0722 e. The van der Waals surface area contributed by atoms with E-state index in [-0.39, 0.29) is 11.5 Å². The number of carbonyl (C=O) groups excluding carboxylic acids is 1. The molecule has 0 fully saturated rings. The molecule has 0 spiro atoms. The lowest BCUT2D eigenvalue weighted by molar-refractivity contribution is -0.254. The lowest BCUT2D eigenvalue weighted by atomic mass is 10.0. The second kappa shape index (κ2) is 3.93. The van der Waals surface area contributed by atoms with E-state index < -0.39 is 5.97 Å². The first-order valence-electron chi connectivity index (χ1n) is 5.20. The number of benzene rings is 1. The van der Waals surface area contributed by atoms with Crippen molar-refractivity contribution in [1.82, 2.24) is 4.98 Å². The Labute approximate surface area is 93.7 Å². The number of rotatable bonds is 2. The second-order valence-corrected chi connectivity index (χ2v) is 4.05. The van der Waals surface area contributed by atoms with Gasteiger partial charge < -0.3 is 9.90 Å². The van der Waals surface area contributed by atoms with Gasteiger partial charge in [-0.2, -0.15) is 0 Å². The van der Waals surface area contributed by atoms with Gasteiger partial charge >= 0.3 is 0 Å². The van der Waals surface area contributed by atoms with Crippen molar-refractivity contribution in [2.75, 3.05) is 0 Å². The molecule has 0 radical (unpaired) electrons. The second-order valence-electron chi connectivity index (χ2n) is 4.05. The monoisotopic (exact) mass is 214 g/mol. The zero-order valence-corrected chi connectivity index (χ0v) is 9.23. The van der Waals surface area contributed by atoms with Crippen LogP contribution in [0, 0.1) is 0 Å². The van der Waals surface area contributed by atoms with Gasteiger partial charge in [0.15, 0.2) is 0 Å². The SMILES string of the molecule is CC(C)c1cc(C(=O)[O-])c2ccccc2n1. The third-order valence-electron chi connectivity index (χ3n) is 2.55. The highest BCUT2D eigenvalue weighted by Crippen LogP contribution is 2.21. The summed E-state index contributed by atoms with van der Waals surface area (Å²) in [5.41, 5.74) is 1.69. The van der Waals surface area contributed by atoms with E-state index in [1.165, 1.54) is 0 Å². The van der Waals surface area contributed by atoms with E-state index in [4.69, 9.17) is 0 Å². The van der Waals surface area contributed by atoms with Crippen molar-refractivity contribution in [3.8, 4) is 0 Å². The standard InChI is InChI=1S/C13H13NO2/c1-8(2)12-7-10(13(15)16)9-5-3-4-6-11(9)14-12/h3-8H,1-2H3,(H,15,16)/p-1. The molecule has 0 unspecified atom stereocenters. The molecule has 3 heteroatoms. The summed E-state index contributed by atoms with van der Waals surface area (Å²) in [6.07, 6.45) is 0. The molecule has 0 N–H and O–H groups in total. The van der Waals surface area contributed by atoms with Crippen molar-refractivity contribution in [2.24, 2.45) is 0 Å². The Morgan fingerprint density at radius 3 is 2.62 bits per heavy atom. The Hall–Kier alpha value is -1.90. The van der Waals surface area contributed by atoms with Gasteiger partial charge in [0.25, 0.3) is 0 Å². The first-order chi connectivity index (χ1) is 7.59. The summed E-state index contributed by atoms with van der Waals surface area (Å²) in [5.74, 6) is -0.955. The molecule has 82 valence electrons. The van der Waals surface area contributed by atoms with Gasteiger partial charge in [-0.1, -0.05) is 32.0 Å². The number of carboxylic acid groups (broad SMARTS) is 1. The van der Waals surface area contributed by atoms with E-state index >= 15 is 0 Å². The summed E-state index contributed by atoms with van der Waals surface area (Å²) in [4.78, 5) is 15.5. The van der Waals surface area contributed by atoms with E-state index in [1.807, 2.05) is 26.0 Å². The molecule has 0 bridgehead atoms. The maximum atomic E-state index is 11.1. The van der Waals surface area contributed by atoms with Gasteiger partial charge in [-0.15, -0.1) is 0 Å². The van der Waals surface area contributed by atoms with Crippen molar-refractivity contribution in [2.45, 2.75) is 19.8 Å². The molecule has 3 nitrogen and oxygen atoms in total. The molecule has 16 heavy (non-hydrogen) atoms. The number of para-hydroxylation sites is 1. The Morgan fingerprint density at radius 2 is 2.00 bits per heavy atom. The van der Waals surface area contributed by atoms with Gasteiger partial charge in [-0.25, -0.2) is 0 Å². The molecule has 1 aromatic carbocycles. The number of hydrogen-bond donors (Lipinski definition) is 0. The number of aromatic nitrogens is 1. The number of pyridine rings is 1. The number of fused-ring (bicyclic) bond motifs is 1. The van der Waals surface area contributed by atoms with Gasteiger partial charge in [0, 0.05) is 16.6 Å². The van der Waals surface area contributed by atoms with Gasteiger partial charge in [-0.05, 0) is 18.1 Å². The van der Waals surface area contributed by atoms with Crippen LogP contribution in [0.15, 0.2) is 30.3 Å². The van der Waals surface area contributed by atoms with Crippen molar-refractivity contribution < 1.29 is 9.90 Å². The molecule has 2 rings (SSSR count). The highest BCUT2D eigenvalue weighted by atomic mass is 16.4. The molecule has 1 heterocycles. The minimum absolute atomic E-state index is 0.197. The zero-order chi connectivity index (χ0) is 11.7. The molecule has 0 aliphatic carbocycles. The molecule has 2 aromatic rings. The van der Waals surface area contributed by atoms with E-state index in [0.717, 1.165) is 5.69 Å². The molecule has 0 aliphatic heterocycles. The van der Waals surface area contributed by atoms with Crippen molar-refractivity contribution in [3.63, 3.8) is 0 Å². The number of nitrogens with zero attached hydrogens (tertiary/aromatic N) is 1. The molecular weight excluding hydrogens is 202 g/mol. The topological polar surface area (TPSA) is 53.0 Å². The van der Waals surface area contributed by atoms with Crippen LogP contribution in [0.5, 0.6) is 0 Å². The number of hydrogen-bond acceptors (Lipinski definition) is 3. The average molecular weight is 214 g/mol. The van der Waals surface area contributed by atoms with Crippen LogP contribution in [0.3, 0.4) is 0 Å². The first-order valence-corrected chi connectivity index (χ1v) is 5.20. The van der Waals surface area contributed by atoms with Gasteiger partial charge in [0.1, 0.15) is 0 Å². The lowest BCUT2D eigenvalue weighted by Gasteiger charge is -2.11. The Bertz CT molecular complexity index is 547. The smallest absolute Gasteiger partial charge is 0.0722 e. The number of carbonyl (C=O) groups is 1. The van der Waals surface area contributed by atoms with Crippen LogP contribution >= 0.6 is 0 Å². The summed E-state index contributed by atoms with van der Waals surface area (Å²) < 4.78 is 0. The highest BCUT2D eigenvalue weighted by molar-refractivity contribution is 6.01. The summed E-state index contributed by atoms with van der Waals surface area (Å²) >= 11 is 0. The molecule has 0 saturated heterocycles. The quantitative estimate of drug-likeness (QED) is 0.764. The minimum Gasteiger partial charge on any atom is -0.545 e. The fourth-order valence-electron chi connectivity index (χ4n) is 1.66.